The first-order valence-corrected chi connectivity index (χ1v) is 7.27. The second-order valence-electron chi connectivity index (χ2n) is 3.73. The average Bonchev–Trinajstić information content (AvgIpc) is 2.29. The van der Waals surface area contributed by atoms with Crippen molar-refractivity contribution in [3.05, 3.63) is 38.9 Å². The van der Waals surface area contributed by atoms with Crippen LogP contribution in [0.5, 0.6) is 0 Å². The van der Waals surface area contributed by atoms with Crippen molar-refractivity contribution in [2.45, 2.75) is 12.2 Å². The van der Waals surface area contributed by atoms with Crippen molar-refractivity contribution in [3.8, 4) is 0 Å². The summed E-state index contributed by atoms with van der Waals surface area (Å²) < 4.78 is 23.4. The third kappa shape index (κ3) is 4.49. The molecule has 0 saturated carbocycles. The number of rotatable bonds is 6. The molecular weight excluding hydrogens is 298 g/mol. The SMILES string of the molecule is O=C(O)CCS(=O)(=O)Cc1c(Cl)cccc1[N+](=O)[O-]. The molecule has 7 nitrogen and oxygen atoms in total. The highest BCUT2D eigenvalue weighted by Crippen LogP contribution is 2.28. The van der Waals surface area contributed by atoms with Gasteiger partial charge < -0.3 is 5.11 Å². The number of aliphatic carboxylic acids is 1. The Morgan fingerprint density at radius 3 is 2.58 bits per heavy atom. The smallest absolute Gasteiger partial charge is 0.304 e. The van der Waals surface area contributed by atoms with Gasteiger partial charge in [0.1, 0.15) is 0 Å². The number of nitro benzene ring substituents is 1. The number of nitrogens with zero attached hydrogens (tertiary/aromatic N) is 1. The van der Waals surface area contributed by atoms with Gasteiger partial charge in [-0.15, -0.1) is 0 Å². The van der Waals surface area contributed by atoms with Gasteiger partial charge >= 0.3 is 5.97 Å². The predicted octanol–water partition coefficient (Wildman–Crippen LogP) is 1.64. The molecule has 0 amide bonds. The number of nitro groups is 1. The fraction of sp³-hybridized carbons (Fsp3) is 0.300. The summed E-state index contributed by atoms with van der Waals surface area (Å²) in [6.45, 7) is 0. The van der Waals surface area contributed by atoms with Crippen LogP contribution >= 0.6 is 11.6 Å². The van der Waals surface area contributed by atoms with Crippen LogP contribution in [0.15, 0.2) is 18.2 Å². The lowest BCUT2D eigenvalue weighted by molar-refractivity contribution is -0.385. The van der Waals surface area contributed by atoms with Crippen LogP contribution in [0.4, 0.5) is 5.69 Å². The Morgan fingerprint density at radius 1 is 1.42 bits per heavy atom. The molecule has 0 heterocycles. The minimum atomic E-state index is -3.78. The minimum absolute atomic E-state index is 0.0342. The number of carbonyl (C=O) groups is 1. The van der Waals surface area contributed by atoms with Gasteiger partial charge in [-0.2, -0.15) is 0 Å². The first-order valence-electron chi connectivity index (χ1n) is 5.07. The van der Waals surface area contributed by atoms with E-state index in [0.717, 1.165) is 6.07 Å². The van der Waals surface area contributed by atoms with E-state index in [4.69, 9.17) is 16.7 Å². The number of halogens is 1. The summed E-state index contributed by atoms with van der Waals surface area (Å²) in [6.07, 6.45) is -0.555. The highest BCUT2D eigenvalue weighted by atomic mass is 35.5. The van der Waals surface area contributed by atoms with Crippen molar-refractivity contribution in [2.24, 2.45) is 0 Å². The second-order valence-corrected chi connectivity index (χ2v) is 6.32. The first kappa shape index (κ1) is 15.4. The number of hydrogen-bond acceptors (Lipinski definition) is 5. The standard InChI is InChI=1S/C10H10ClNO6S/c11-8-2-1-3-9(12(15)16)7(8)6-19(17,18)5-4-10(13)14/h1-3H,4-6H2,(H,13,14). The maximum atomic E-state index is 11.7. The summed E-state index contributed by atoms with van der Waals surface area (Å²) in [7, 11) is -3.78. The van der Waals surface area contributed by atoms with Crippen LogP contribution in [-0.4, -0.2) is 30.2 Å². The van der Waals surface area contributed by atoms with Gasteiger partial charge in [-0.05, 0) is 6.07 Å². The molecule has 1 rings (SSSR count). The zero-order valence-electron chi connectivity index (χ0n) is 9.58. The number of sulfone groups is 1. The predicted molar refractivity (Wildman–Crippen MR) is 67.9 cm³/mol. The molecule has 0 aromatic heterocycles. The normalized spacial score (nSPS) is 11.2. The van der Waals surface area contributed by atoms with Gasteiger partial charge in [0.25, 0.3) is 5.69 Å². The molecule has 19 heavy (non-hydrogen) atoms. The maximum Gasteiger partial charge on any atom is 0.304 e. The maximum absolute atomic E-state index is 11.7. The van der Waals surface area contributed by atoms with E-state index >= 15 is 0 Å². The van der Waals surface area contributed by atoms with Crippen LogP contribution in [-0.2, 0) is 20.4 Å². The van der Waals surface area contributed by atoms with Gasteiger partial charge in [-0.1, -0.05) is 17.7 Å². The van der Waals surface area contributed by atoms with Crippen molar-refractivity contribution in [3.63, 3.8) is 0 Å². The third-order valence-electron chi connectivity index (χ3n) is 2.28. The molecule has 9 heteroatoms. The average molecular weight is 308 g/mol. The molecule has 0 aliphatic heterocycles. The summed E-state index contributed by atoms with van der Waals surface area (Å²) in [5, 5.41) is 19.2. The topological polar surface area (TPSA) is 115 Å². The zero-order valence-corrected chi connectivity index (χ0v) is 11.1. The molecular formula is C10H10ClNO6S. The van der Waals surface area contributed by atoms with Crippen molar-refractivity contribution in [2.75, 3.05) is 5.75 Å². The summed E-state index contributed by atoms with van der Waals surface area (Å²) in [5.74, 6) is -2.50. The van der Waals surface area contributed by atoms with Gasteiger partial charge in [-0.3, -0.25) is 14.9 Å². The molecule has 1 aromatic carbocycles. The van der Waals surface area contributed by atoms with Crippen LogP contribution in [0.25, 0.3) is 0 Å². The molecule has 0 aliphatic carbocycles. The summed E-state index contributed by atoms with van der Waals surface area (Å²) in [6, 6.07) is 3.83. The molecule has 104 valence electrons. The fourth-order valence-corrected chi connectivity index (χ4v) is 3.08. The molecule has 0 bridgehead atoms. The van der Waals surface area contributed by atoms with Gasteiger partial charge in [-0.25, -0.2) is 8.42 Å². The van der Waals surface area contributed by atoms with Crippen LogP contribution in [0.2, 0.25) is 5.02 Å². The first-order chi connectivity index (χ1) is 8.73. The lowest BCUT2D eigenvalue weighted by Gasteiger charge is -2.06. The highest BCUT2D eigenvalue weighted by molar-refractivity contribution is 7.90. The number of benzene rings is 1. The Kier molecular flexibility index (Phi) is 4.84. The van der Waals surface area contributed by atoms with E-state index in [0.29, 0.717) is 0 Å². The van der Waals surface area contributed by atoms with E-state index in [1.54, 1.807) is 0 Å². The van der Waals surface area contributed by atoms with Crippen molar-refractivity contribution in [1.82, 2.24) is 0 Å². The molecule has 0 spiro atoms. The van der Waals surface area contributed by atoms with Crippen LogP contribution < -0.4 is 0 Å². The van der Waals surface area contributed by atoms with Gasteiger partial charge in [0.2, 0.25) is 0 Å². The van der Waals surface area contributed by atoms with Gasteiger partial charge in [0, 0.05) is 6.07 Å². The van der Waals surface area contributed by atoms with Crippen LogP contribution in [0, 0.1) is 10.1 Å². The van der Waals surface area contributed by atoms with E-state index in [9.17, 15) is 23.3 Å². The quantitative estimate of drug-likeness (QED) is 0.631. The monoisotopic (exact) mass is 307 g/mol. The van der Waals surface area contributed by atoms with Crippen LogP contribution in [0.1, 0.15) is 12.0 Å². The second kappa shape index (κ2) is 5.98. The minimum Gasteiger partial charge on any atom is -0.481 e. The molecule has 0 radical (unpaired) electrons. The third-order valence-corrected chi connectivity index (χ3v) is 4.19. The van der Waals surface area contributed by atoms with Crippen molar-refractivity contribution < 1.29 is 23.2 Å². The molecule has 0 aliphatic rings. The summed E-state index contributed by atoms with van der Waals surface area (Å²) >= 11 is 5.76. The lowest BCUT2D eigenvalue weighted by atomic mass is 10.2. The van der Waals surface area contributed by atoms with E-state index < -0.39 is 44.3 Å². The molecule has 0 unspecified atom stereocenters. The van der Waals surface area contributed by atoms with Crippen molar-refractivity contribution >= 4 is 33.1 Å². The summed E-state index contributed by atoms with van der Waals surface area (Å²) in [5.41, 5.74) is -0.522. The molecule has 0 atom stereocenters. The van der Waals surface area contributed by atoms with E-state index in [-0.39, 0.29) is 10.6 Å². The molecule has 0 fully saturated rings. The number of carboxylic acid groups (broad SMARTS) is 1. The Labute approximate surface area is 113 Å². The Morgan fingerprint density at radius 2 is 2.05 bits per heavy atom. The van der Waals surface area contributed by atoms with Crippen molar-refractivity contribution in [1.29, 1.82) is 0 Å². The Balaban J connectivity index is 3.05. The van der Waals surface area contributed by atoms with Crippen LogP contribution in [0.3, 0.4) is 0 Å². The highest BCUT2D eigenvalue weighted by Gasteiger charge is 2.23. The Hall–Kier alpha value is -1.67. The van der Waals surface area contributed by atoms with E-state index in [1.165, 1.54) is 12.1 Å². The molecule has 0 saturated heterocycles. The van der Waals surface area contributed by atoms with Gasteiger partial charge in [0.05, 0.1) is 33.4 Å². The molecule has 1 N–H and O–H groups in total. The number of hydrogen-bond donors (Lipinski definition) is 1. The zero-order chi connectivity index (χ0) is 14.6. The Bertz CT molecular complexity index is 612. The largest absolute Gasteiger partial charge is 0.481 e. The van der Waals surface area contributed by atoms with Gasteiger partial charge in [0.15, 0.2) is 9.84 Å². The van der Waals surface area contributed by atoms with E-state index in [2.05, 4.69) is 0 Å². The molecule has 1 aromatic rings. The van der Waals surface area contributed by atoms with E-state index in [1.807, 2.05) is 0 Å². The fourth-order valence-electron chi connectivity index (χ4n) is 1.40. The summed E-state index contributed by atoms with van der Waals surface area (Å²) in [4.78, 5) is 20.4. The lowest BCUT2D eigenvalue weighted by Crippen LogP contribution is -2.14. The number of carboxylic acids is 1.